The van der Waals surface area contributed by atoms with Gasteiger partial charge in [0.15, 0.2) is 0 Å². The lowest BCUT2D eigenvalue weighted by atomic mass is 9.94. The maximum Gasteiger partial charge on any atom is 0.408 e. The molecule has 1 atom stereocenters. The van der Waals surface area contributed by atoms with Gasteiger partial charge in [0.2, 0.25) is 0 Å². The van der Waals surface area contributed by atoms with Gasteiger partial charge in [0.25, 0.3) is 0 Å². The standard InChI is InChI=1S/C10H10BrNO2/c1-10(6-14-9(13)12-10)7-2-4-8(11)5-3-7/h2-5H,6H2,1H3,(H,12,13). The molecule has 0 aromatic heterocycles. The van der Waals surface area contributed by atoms with Crippen molar-refractivity contribution in [3.8, 4) is 0 Å². The van der Waals surface area contributed by atoms with Gasteiger partial charge in [-0.1, -0.05) is 28.1 Å². The van der Waals surface area contributed by atoms with Crippen LogP contribution in [0.15, 0.2) is 28.7 Å². The average molecular weight is 256 g/mol. The largest absolute Gasteiger partial charge is 0.447 e. The molecular formula is C10H10BrNO2. The molecule has 0 saturated carbocycles. The molecule has 0 spiro atoms. The van der Waals surface area contributed by atoms with Gasteiger partial charge in [-0.25, -0.2) is 4.79 Å². The molecule has 74 valence electrons. The summed E-state index contributed by atoms with van der Waals surface area (Å²) in [5.41, 5.74) is 0.657. The molecule has 1 aromatic rings. The number of ether oxygens (including phenoxy) is 1. The Kier molecular flexibility index (Phi) is 2.23. The third-order valence-corrected chi connectivity index (χ3v) is 2.88. The molecule has 14 heavy (non-hydrogen) atoms. The van der Waals surface area contributed by atoms with Crippen LogP contribution in [0, 0.1) is 0 Å². The van der Waals surface area contributed by atoms with Crippen molar-refractivity contribution in [2.45, 2.75) is 12.5 Å². The summed E-state index contributed by atoms with van der Waals surface area (Å²) < 4.78 is 5.91. The first kappa shape index (κ1) is 9.52. The fourth-order valence-electron chi connectivity index (χ4n) is 1.48. The van der Waals surface area contributed by atoms with Crippen molar-refractivity contribution < 1.29 is 9.53 Å². The Labute approximate surface area is 90.6 Å². The van der Waals surface area contributed by atoms with E-state index in [0.717, 1.165) is 10.0 Å². The topological polar surface area (TPSA) is 38.3 Å². The summed E-state index contributed by atoms with van der Waals surface area (Å²) in [5, 5.41) is 2.79. The number of carbonyl (C=O) groups is 1. The molecule has 2 rings (SSSR count). The fourth-order valence-corrected chi connectivity index (χ4v) is 1.74. The first-order valence-electron chi connectivity index (χ1n) is 4.31. The summed E-state index contributed by atoms with van der Waals surface area (Å²) in [6.07, 6.45) is -0.351. The van der Waals surface area contributed by atoms with Crippen molar-refractivity contribution in [3.05, 3.63) is 34.3 Å². The van der Waals surface area contributed by atoms with E-state index in [1.807, 2.05) is 31.2 Å². The summed E-state index contributed by atoms with van der Waals surface area (Å²) in [6.45, 7) is 2.33. The van der Waals surface area contributed by atoms with E-state index in [9.17, 15) is 4.79 Å². The zero-order valence-corrected chi connectivity index (χ0v) is 9.30. The van der Waals surface area contributed by atoms with Crippen LogP contribution in [0.1, 0.15) is 12.5 Å². The Balaban J connectivity index is 2.30. The summed E-state index contributed by atoms with van der Waals surface area (Å²) in [6, 6.07) is 7.84. The molecule has 1 heterocycles. The minimum absolute atomic E-state index is 0.351. The summed E-state index contributed by atoms with van der Waals surface area (Å²) in [4.78, 5) is 11.0. The molecule has 1 fully saturated rings. The predicted octanol–water partition coefficient (Wildman–Crippen LogP) is 2.40. The zero-order chi connectivity index (χ0) is 10.2. The van der Waals surface area contributed by atoms with E-state index in [-0.39, 0.29) is 6.09 Å². The molecule has 1 unspecified atom stereocenters. The molecule has 3 nitrogen and oxygen atoms in total. The average Bonchev–Trinajstić information content (AvgIpc) is 2.48. The van der Waals surface area contributed by atoms with Gasteiger partial charge in [-0.2, -0.15) is 0 Å². The normalized spacial score (nSPS) is 25.7. The monoisotopic (exact) mass is 255 g/mol. The van der Waals surface area contributed by atoms with Crippen LogP contribution in [0.2, 0.25) is 0 Å². The van der Waals surface area contributed by atoms with Crippen molar-refractivity contribution in [3.63, 3.8) is 0 Å². The van der Waals surface area contributed by atoms with Crippen LogP contribution in [-0.4, -0.2) is 12.7 Å². The quantitative estimate of drug-likeness (QED) is 0.837. The van der Waals surface area contributed by atoms with Gasteiger partial charge in [-0.05, 0) is 24.6 Å². The smallest absolute Gasteiger partial charge is 0.408 e. The molecule has 1 saturated heterocycles. The molecule has 1 aliphatic heterocycles. The molecule has 1 aromatic carbocycles. The lowest BCUT2D eigenvalue weighted by Crippen LogP contribution is -2.37. The third kappa shape index (κ3) is 1.62. The molecule has 4 heteroatoms. The maximum absolute atomic E-state index is 11.0. The number of halogens is 1. The second-order valence-electron chi connectivity index (χ2n) is 3.54. The fraction of sp³-hybridized carbons (Fsp3) is 0.300. The van der Waals surface area contributed by atoms with Crippen LogP contribution in [0.3, 0.4) is 0 Å². The van der Waals surface area contributed by atoms with Crippen molar-refractivity contribution in [1.82, 2.24) is 5.32 Å². The second kappa shape index (κ2) is 3.28. The van der Waals surface area contributed by atoms with Crippen LogP contribution in [0.5, 0.6) is 0 Å². The number of amides is 1. The van der Waals surface area contributed by atoms with E-state index in [1.165, 1.54) is 0 Å². The van der Waals surface area contributed by atoms with Crippen LogP contribution in [0.4, 0.5) is 4.79 Å². The number of hydrogen-bond acceptors (Lipinski definition) is 2. The highest BCUT2D eigenvalue weighted by atomic mass is 79.9. The first-order chi connectivity index (χ1) is 6.60. The third-order valence-electron chi connectivity index (χ3n) is 2.35. The van der Waals surface area contributed by atoms with Crippen LogP contribution < -0.4 is 5.32 Å². The Hall–Kier alpha value is -1.03. The van der Waals surface area contributed by atoms with E-state index in [0.29, 0.717) is 6.61 Å². The van der Waals surface area contributed by atoms with Crippen LogP contribution >= 0.6 is 15.9 Å². The van der Waals surface area contributed by atoms with E-state index in [4.69, 9.17) is 4.74 Å². The highest BCUT2D eigenvalue weighted by Gasteiger charge is 2.36. The maximum atomic E-state index is 11.0. The van der Waals surface area contributed by atoms with E-state index in [2.05, 4.69) is 21.2 Å². The molecule has 1 amide bonds. The summed E-state index contributed by atoms with van der Waals surface area (Å²) in [5.74, 6) is 0. The number of hydrogen-bond donors (Lipinski definition) is 1. The Bertz CT molecular complexity index is 363. The number of benzene rings is 1. The molecule has 0 aliphatic carbocycles. The lowest BCUT2D eigenvalue weighted by Gasteiger charge is -2.21. The Morgan fingerprint density at radius 1 is 1.43 bits per heavy atom. The predicted molar refractivity (Wildman–Crippen MR) is 56.0 cm³/mol. The Morgan fingerprint density at radius 3 is 2.57 bits per heavy atom. The van der Waals surface area contributed by atoms with Gasteiger partial charge >= 0.3 is 6.09 Å². The summed E-state index contributed by atoms with van der Waals surface area (Å²) >= 11 is 3.36. The SMILES string of the molecule is CC1(c2ccc(Br)cc2)COC(=O)N1. The molecule has 0 radical (unpaired) electrons. The van der Waals surface area contributed by atoms with Gasteiger partial charge < -0.3 is 10.1 Å². The van der Waals surface area contributed by atoms with Crippen LogP contribution in [-0.2, 0) is 10.3 Å². The van der Waals surface area contributed by atoms with Gasteiger partial charge in [0.1, 0.15) is 6.61 Å². The van der Waals surface area contributed by atoms with Crippen molar-refractivity contribution >= 4 is 22.0 Å². The van der Waals surface area contributed by atoms with Gasteiger partial charge in [0, 0.05) is 4.47 Å². The number of alkyl carbamates (subject to hydrolysis) is 1. The van der Waals surface area contributed by atoms with E-state index in [1.54, 1.807) is 0 Å². The summed E-state index contributed by atoms with van der Waals surface area (Å²) in [7, 11) is 0. The molecule has 0 bridgehead atoms. The van der Waals surface area contributed by atoms with Crippen molar-refractivity contribution in [2.75, 3.05) is 6.61 Å². The number of cyclic esters (lactones) is 1. The van der Waals surface area contributed by atoms with Gasteiger partial charge in [0.05, 0.1) is 5.54 Å². The van der Waals surface area contributed by atoms with Crippen molar-refractivity contribution in [1.29, 1.82) is 0 Å². The molecule has 1 N–H and O–H groups in total. The van der Waals surface area contributed by atoms with E-state index < -0.39 is 5.54 Å². The first-order valence-corrected chi connectivity index (χ1v) is 5.10. The second-order valence-corrected chi connectivity index (χ2v) is 4.46. The van der Waals surface area contributed by atoms with Crippen molar-refractivity contribution in [2.24, 2.45) is 0 Å². The molecule has 1 aliphatic rings. The highest BCUT2D eigenvalue weighted by Crippen LogP contribution is 2.26. The van der Waals surface area contributed by atoms with Crippen LogP contribution in [0.25, 0.3) is 0 Å². The zero-order valence-electron chi connectivity index (χ0n) is 7.71. The number of carbonyl (C=O) groups excluding carboxylic acids is 1. The highest BCUT2D eigenvalue weighted by molar-refractivity contribution is 9.10. The van der Waals surface area contributed by atoms with Gasteiger partial charge in [-0.3, -0.25) is 0 Å². The number of nitrogens with one attached hydrogen (secondary N) is 1. The minimum atomic E-state index is -0.391. The lowest BCUT2D eigenvalue weighted by molar-refractivity contribution is 0.173. The van der Waals surface area contributed by atoms with E-state index >= 15 is 0 Å². The van der Waals surface area contributed by atoms with Gasteiger partial charge in [-0.15, -0.1) is 0 Å². The minimum Gasteiger partial charge on any atom is -0.447 e. The molecular weight excluding hydrogens is 246 g/mol. The Morgan fingerprint density at radius 2 is 2.07 bits per heavy atom. The number of rotatable bonds is 1.